The van der Waals surface area contributed by atoms with Crippen LogP contribution in [0, 0.1) is 6.92 Å². The van der Waals surface area contributed by atoms with Gasteiger partial charge in [0.2, 0.25) is 0 Å². The number of H-pyrrole nitrogens is 2. The monoisotopic (exact) mass is 248 g/mol. The van der Waals surface area contributed by atoms with Crippen LogP contribution in [-0.4, -0.2) is 28.3 Å². The van der Waals surface area contributed by atoms with Crippen molar-refractivity contribution in [2.75, 3.05) is 7.11 Å². The van der Waals surface area contributed by atoms with E-state index in [2.05, 4.69) is 25.2 Å². The van der Waals surface area contributed by atoms with Crippen LogP contribution >= 0.6 is 0 Å². The fourth-order valence-corrected chi connectivity index (χ4v) is 1.66. The highest BCUT2D eigenvalue weighted by atomic mass is 16.5. The van der Waals surface area contributed by atoms with E-state index < -0.39 is 0 Å². The van der Waals surface area contributed by atoms with Gasteiger partial charge in [0.25, 0.3) is 0 Å². The molecule has 0 atom stereocenters. The molecule has 0 bridgehead atoms. The van der Waals surface area contributed by atoms with Gasteiger partial charge in [0.15, 0.2) is 0 Å². The molecule has 0 saturated heterocycles. The SMILES string of the molecule is COC(=O)c1ccc(CNCc2cn[nH]c2C)[nH]1. The third kappa shape index (κ3) is 2.78. The normalized spacial score (nSPS) is 10.6. The summed E-state index contributed by atoms with van der Waals surface area (Å²) in [4.78, 5) is 14.2. The lowest BCUT2D eigenvalue weighted by atomic mass is 10.2. The number of hydrogen-bond acceptors (Lipinski definition) is 4. The molecule has 2 aromatic heterocycles. The second-order valence-corrected chi connectivity index (χ2v) is 4.01. The van der Waals surface area contributed by atoms with E-state index in [9.17, 15) is 4.79 Å². The van der Waals surface area contributed by atoms with Crippen LogP contribution in [-0.2, 0) is 17.8 Å². The maximum absolute atomic E-state index is 11.2. The van der Waals surface area contributed by atoms with Gasteiger partial charge in [-0.2, -0.15) is 5.10 Å². The maximum Gasteiger partial charge on any atom is 0.354 e. The highest BCUT2D eigenvalue weighted by molar-refractivity contribution is 5.87. The zero-order valence-electron chi connectivity index (χ0n) is 10.4. The summed E-state index contributed by atoms with van der Waals surface area (Å²) in [5.41, 5.74) is 3.60. The summed E-state index contributed by atoms with van der Waals surface area (Å²) in [6.07, 6.45) is 1.80. The molecule has 0 amide bonds. The van der Waals surface area contributed by atoms with Crippen LogP contribution in [0.4, 0.5) is 0 Å². The summed E-state index contributed by atoms with van der Waals surface area (Å²) in [7, 11) is 1.36. The second kappa shape index (κ2) is 5.50. The first kappa shape index (κ1) is 12.4. The molecule has 2 heterocycles. The maximum atomic E-state index is 11.2. The average Bonchev–Trinajstić information content (AvgIpc) is 2.99. The number of methoxy groups -OCH3 is 1. The molecule has 18 heavy (non-hydrogen) atoms. The number of aromatic nitrogens is 3. The number of rotatable bonds is 5. The smallest absolute Gasteiger partial charge is 0.354 e. The van der Waals surface area contributed by atoms with Gasteiger partial charge in [0.05, 0.1) is 13.3 Å². The van der Waals surface area contributed by atoms with Crippen molar-refractivity contribution < 1.29 is 9.53 Å². The van der Waals surface area contributed by atoms with Gasteiger partial charge in [0.1, 0.15) is 5.69 Å². The number of hydrogen-bond donors (Lipinski definition) is 3. The van der Waals surface area contributed by atoms with Crippen molar-refractivity contribution in [3.05, 3.63) is 41.0 Å². The van der Waals surface area contributed by atoms with Crippen LogP contribution in [0.3, 0.4) is 0 Å². The van der Waals surface area contributed by atoms with Gasteiger partial charge in [-0.15, -0.1) is 0 Å². The Kier molecular flexibility index (Phi) is 3.78. The van der Waals surface area contributed by atoms with Gasteiger partial charge in [-0.25, -0.2) is 4.79 Å². The zero-order valence-corrected chi connectivity index (χ0v) is 10.4. The van der Waals surface area contributed by atoms with E-state index in [0.717, 1.165) is 23.5 Å². The van der Waals surface area contributed by atoms with Crippen LogP contribution in [0.1, 0.15) is 27.4 Å². The highest BCUT2D eigenvalue weighted by Gasteiger charge is 2.07. The Balaban J connectivity index is 1.85. The van der Waals surface area contributed by atoms with Crippen LogP contribution in [0.25, 0.3) is 0 Å². The third-order valence-corrected chi connectivity index (χ3v) is 2.72. The molecule has 0 unspecified atom stereocenters. The Labute approximate surface area is 105 Å². The van der Waals surface area contributed by atoms with Crippen LogP contribution in [0.15, 0.2) is 18.3 Å². The molecule has 0 aliphatic heterocycles. The Bertz CT molecular complexity index is 530. The number of aryl methyl sites for hydroxylation is 1. The fourth-order valence-electron chi connectivity index (χ4n) is 1.66. The molecule has 0 fully saturated rings. The fraction of sp³-hybridized carbons (Fsp3) is 0.333. The molecule has 0 aliphatic rings. The minimum atomic E-state index is -0.355. The number of carbonyl (C=O) groups excluding carboxylic acids is 1. The summed E-state index contributed by atoms with van der Waals surface area (Å²) in [6.45, 7) is 3.37. The Morgan fingerprint density at radius 3 is 2.94 bits per heavy atom. The minimum Gasteiger partial charge on any atom is -0.464 e. The van der Waals surface area contributed by atoms with Gasteiger partial charge >= 0.3 is 5.97 Å². The van der Waals surface area contributed by atoms with Crippen LogP contribution < -0.4 is 5.32 Å². The standard InChI is InChI=1S/C12H16N4O2/c1-8-9(6-14-16-8)5-13-7-10-3-4-11(15-10)12(17)18-2/h3-4,6,13,15H,5,7H2,1-2H3,(H,14,16). The van der Waals surface area contributed by atoms with E-state index in [1.807, 2.05) is 13.0 Å². The van der Waals surface area contributed by atoms with Crippen LogP contribution in [0.2, 0.25) is 0 Å². The van der Waals surface area contributed by atoms with E-state index in [4.69, 9.17) is 0 Å². The van der Waals surface area contributed by atoms with Crippen molar-refractivity contribution in [1.29, 1.82) is 0 Å². The quantitative estimate of drug-likeness (QED) is 0.692. The van der Waals surface area contributed by atoms with E-state index in [1.54, 1.807) is 12.3 Å². The number of nitrogens with one attached hydrogen (secondary N) is 3. The second-order valence-electron chi connectivity index (χ2n) is 4.01. The molecule has 0 aliphatic carbocycles. The third-order valence-electron chi connectivity index (χ3n) is 2.72. The molecular formula is C12H16N4O2. The van der Waals surface area contributed by atoms with Gasteiger partial charge < -0.3 is 15.0 Å². The predicted molar refractivity (Wildman–Crippen MR) is 66.0 cm³/mol. The minimum absolute atomic E-state index is 0.355. The molecule has 0 spiro atoms. The number of nitrogens with zero attached hydrogens (tertiary/aromatic N) is 1. The summed E-state index contributed by atoms with van der Waals surface area (Å²) >= 11 is 0. The van der Waals surface area contributed by atoms with Crippen LogP contribution in [0.5, 0.6) is 0 Å². The van der Waals surface area contributed by atoms with Gasteiger partial charge in [-0.05, 0) is 19.1 Å². The topological polar surface area (TPSA) is 82.8 Å². The first-order chi connectivity index (χ1) is 8.70. The van der Waals surface area contributed by atoms with E-state index >= 15 is 0 Å². The summed E-state index contributed by atoms with van der Waals surface area (Å²) in [5.74, 6) is -0.355. The highest BCUT2D eigenvalue weighted by Crippen LogP contribution is 2.05. The lowest BCUT2D eigenvalue weighted by molar-refractivity contribution is 0.0594. The number of ether oxygens (including phenoxy) is 1. The van der Waals surface area contributed by atoms with Crippen molar-refractivity contribution in [2.45, 2.75) is 20.0 Å². The molecule has 2 rings (SSSR count). The summed E-state index contributed by atoms with van der Waals surface area (Å²) < 4.78 is 4.63. The molecule has 0 saturated carbocycles. The largest absolute Gasteiger partial charge is 0.464 e. The molecular weight excluding hydrogens is 232 g/mol. The number of aromatic amines is 2. The van der Waals surface area contributed by atoms with Crippen molar-refractivity contribution in [2.24, 2.45) is 0 Å². The van der Waals surface area contributed by atoms with Gasteiger partial charge in [-0.3, -0.25) is 5.10 Å². The molecule has 0 radical (unpaired) electrons. The Morgan fingerprint density at radius 2 is 2.28 bits per heavy atom. The Hall–Kier alpha value is -2.08. The lowest BCUT2D eigenvalue weighted by Gasteiger charge is -2.02. The van der Waals surface area contributed by atoms with Crippen molar-refractivity contribution >= 4 is 5.97 Å². The van der Waals surface area contributed by atoms with E-state index in [1.165, 1.54) is 7.11 Å². The summed E-state index contributed by atoms with van der Waals surface area (Å²) in [6, 6.07) is 3.58. The van der Waals surface area contributed by atoms with Crippen molar-refractivity contribution in [1.82, 2.24) is 20.5 Å². The van der Waals surface area contributed by atoms with Crippen molar-refractivity contribution in [3.63, 3.8) is 0 Å². The van der Waals surface area contributed by atoms with Gasteiger partial charge in [0, 0.05) is 30.0 Å². The average molecular weight is 248 g/mol. The molecule has 6 heteroatoms. The van der Waals surface area contributed by atoms with E-state index in [-0.39, 0.29) is 5.97 Å². The predicted octanol–water partition coefficient (Wildman–Crippen LogP) is 1.12. The first-order valence-electron chi connectivity index (χ1n) is 5.66. The van der Waals surface area contributed by atoms with Gasteiger partial charge in [-0.1, -0.05) is 0 Å². The molecule has 0 aromatic carbocycles. The lowest BCUT2D eigenvalue weighted by Crippen LogP contribution is -2.13. The first-order valence-corrected chi connectivity index (χ1v) is 5.66. The van der Waals surface area contributed by atoms with Crippen molar-refractivity contribution in [3.8, 4) is 0 Å². The number of carbonyl (C=O) groups is 1. The molecule has 2 aromatic rings. The number of esters is 1. The molecule has 96 valence electrons. The molecule has 3 N–H and O–H groups in total. The Morgan fingerprint density at radius 1 is 1.44 bits per heavy atom. The molecule has 6 nitrogen and oxygen atoms in total. The summed E-state index contributed by atoms with van der Waals surface area (Å²) in [5, 5.41) is 10.1. The van der Waals surface area contributed by atoms with E-state index in [0.29, 0.717) is 12.2 Å². The zero-order chi connectivity index (χ0) is 13.0.